The van der Waals surface area contributed by atoms with Gasteiger partial charge in [0.15, 0.2) is 29.3 Å². The van der Waals surface area contributed by atoms with E-state index in [0.29, 0.717) is 12.1 Å². The number of rotatable bonds is 4. The summed E-state index contributed by atoms with van der Waals surface area (Å²) in [7, 11) is 0. The lowest BCUT2D eigenvalue weighted by Crippen LogP contribution is -2.31. The van der Waals surface area contributed by atoms with Gasteiger partial charge in [0.2, 0.25) is 0 Å². The highest BCUT2D eigenvalue weighted by Crippen LogP contribution is 2.32. The molecule has 0 saturated carbocycles. The van der Waals surface area contributed by atoms with Crippen molar-refractivity contribution in [1.82, 2.24) is 0 Å². The van der Waals surface area contributed by atoms with Crippen molar-refractivity contribution >= 4 is 40.7 Å². The van der Waals surface area contributed by atoms with Crippen molar-refractivity contribution in [2.75, 3.05) is 5.32 Å². The van der Waals surface area contributed by atoms with Gasteiger partial charge in [-0.25, -0.2) is 13.6 Å². The number of nitrogens with one attached hydrogen (secondary N) is 1. The van der Waals surface area contributed by atoms with Crippen LogP contribution in [0.3, 0.4) is 0 Å². The molecule has 0 heterocycles. The Morgan fingerprint density at radius 2 is 1.52 bits per heavy atom. The molecule has 0 aromatic heterocycles. The van der Waals surface area contributed by atoms with Crippen LogP contribution in [0.15, 0.2) is 54.6 Å². The van der Waals surface area contributed by atoms with Gasteiger partial charge in [0.05, 0.1) is 21.8 Å². The van der Waals surface area contributed by atoms with Crippen LogP contribution in [0, 0.1) is 11.6 Å². The number of hydrogen-bond acceptors (Lipinski definition) is 5. The van der Waals surface area contributed by atoms with Gasteiger partial charge in [-0.15, -0.1) is 0 Å². The molecule has 3 aromatic rings. The molecule has 0 aliphatic heterocycles. The van der Waals surface area contributed by atoms with E-state index in [9.17, 15) is 28.0 Å². The normalized spacial score (nSPS) is 13.1. The fourth-order valence-corrected chi connectivity index (χ4v) is 3.67. The van der Waals surface area contributed by atoms with E-state index >= 15 is 0 Å². The van der Waals surface area contributed by atoms with Crippen LogP contribution in [0.4, 0.5) is 14.5 Å². The number of ether oxygens (including phenoxy) is 1. The number of anilines is 1. The second kappa shape index (κ2) is 8.55. The van der Waals surface area contributed by atoms with Crippen LogP contribution >= 0.6 is 11.6 Å². The number of ketones is 2. The zero-order valence-electron chi connectivity index (χ0n) is 16.9. The van der Waals surface area contributed by atoms with Gasteiger partial charge in [0.25, 0.3) is 5.91 Å². The highest BCUT2D eigenvalue weighted by atomic mass is 35.5. The number of hydrogen-bond donors (Lipinski definition) is 1. The lowest BCUT2D eigenvalue weighted by Gasteiger charge is -2.21. The van der Waals surface area contributed by atoms with Crippen LogP contribution in [0.25, 0.3) is 0 Å². The highest BCUT2D eigenvalue weighted by molar-refractivity contribution is 6.33. The topological polar surface area (TPSA) is 89.5 Å². The maximum atomic E-state index is 13.5. The van der Waals surface area contributed by atoms with Crippen LogP contribution in [-0.4, -0.2) is 29.5 Å². The summed E-state index contributed by atoms with van der Waals surface area (Å²) in [6, 6.07) is 12.0. The second-order valence-electron chi connectivity index (χ2n) is 7.21. The van der Waals surface area contributed by atoms with E-state index < -0.39 is 41.0 Å². The van der Waals surface area contributed by atoms with Crippen LogP contribution in [0.5, 0.6) is 0 Å². The molecule has 1 N–H and O–H groups in total. The summed E-state index contributed by atoms with van der Waals surface area (Å²) < 4.78 is 31.7. The quantitative estimate of drug-likeness (QED) is 0.349. The first-order chi connectivity index (χ1) is 15.7. The second-order valence-corrected chi connectivity index (χ2v) is 7.62. The lowest BCUT2D eigenvalue weighted by molar-refractivity contribution is -0.123. The number of halogens is 3. The zero-order valence-corrected chi connectivity index (χ0v) is 17.7. The Morgan fingerprint density at radius 1 is 0.909 bits per heavy atom. The minimum Gasteiger partial charge on any atom is -0.449 e. The zero-order chi connectivity index (χ0) is 23.9. The predicted molar refractivity (Wildman–Crippen MR) is 115 cm³/mol. The van der Waals surface area contributed by atoms with Crippen LogP contribution < -0.4 is 5.32 Å². The summed E-state index contributed by atoms with van der Waals surface area (Å²) in [5.74, 6) is -5.29. The average Bonchev–Trinajstić information content (AvgIpc) is 2.79. The minimum atomic E-state index is -1.39. The highest BCUT2D eigenvalue weighted by Gasteiger charge is 2.32. The van der Waals surface area contributed by atoms with E-state index in [1.807, 2.05) is 0 Å². The number of fused-ring (bicyclic) bond motifs is 2. The number of carbonyl (C=O) groups is 4. The van der Waals surface area contributed by atoms with E-state index in [-0.39, 0.29) is 38.7 Å². The first-order valence-electron chi connectivity index (χ1n) is 9.67. The third-order valence-electron chi connectivity index (χ3n) is 5.09. The van der Waals surface area contributed by atoms with Crippen molar-refractivity contribution in [3.05, 3.63) is 99.1 Å². The molecule has 0 spiro atoms. The Hall–Kier alpha value is -3.91. The van der Waals surface area contributed by atoms with Gasteiger partial charge in [-0.2, -0.15) is 0 Å². The SMILES string of the molecule is CC(OC(=O)c1cc(F)c(F)cc1Cl)C(=O)Nc1cccc2c1C(=O)c1ccccc1C2=O. The van der Waals surface area contributed by atoms with Gasteiger partial charge in [-0.1, -0.05) is 48.0 Å². The number of carbonyl (C=O) groups excluding carboxylic acids is 4. The average molecular weight is 470 g/mol. The van der Waals surface area contributed by atoms with Crippen molar-refractivity contribution < 1.29 is 32.7 Å². The molecule has 1 aliphatic carbocycles. The molecule has 9 heteroatoms. The van der Waals surface area contributed by atoms with Crippen molar-refractivity contribution in [3.63, 3.8) is 0 Å². The van der Waals surface area contributed by atoms with Crippen LogP contribution in [0.1, 0.15) is 49.1 Å². The maximum absolute atomic E-state index is 13.5. The Balaban J connectivity index is 1.56. The van der Waals surface area contributed by atoms with Gasteiger partial charge >= 0.3 is 5.97 Å². The molecule has 1 atom stereocenters. The van der Waals surface area contributed by atoms with Crippen LogP contribution in [-0.2, 0) is 9.53 Å². The third-order valence-corrected chi connectivity index (χ3v) is 5.41. The van der Waals surface area contributed by atoms with Crippen molar-refractivity contribution in [2.24, 2.45) is 0 Å². The Morgan fingerprint density at radius 3 is 2.21 bits per heavy atom. The monoisotopic (exact) mass is 469 g/mol. The van der Waals surface area contributed by atoms with Crippen molar-refractivity contribution in [2.45, 2.75) is 13.0 Å². The van der Waals surface area contributed by atoms with Crippen LogP contribution in [0.2, 0.25) is 5.02 Å². The third kappa shape index (κ3) is 4.01. The molecule has 3 aromatic carbocycles. The van der Waals surface area contributed by atoms with Gasteiger partial charge < -0.3 is 10.1 Å². The molecule has 0 saturated heterocycles. The fraction of sp³-hybridized carbons (Fsp3) is 0.0833. The van der Waals surface area contributed by atoms with E-state index in [1.54, 1.807) is 18.2 Å². The number of amides is 1. The van der Waals surface area contributed by atoms with E-state index in [0.717, 1.165) is 0 Å². The Kier molecular flexibility index (Phi) is 5.78. The first-order valence-corrected chi connectivity index (χ1v) is 10.0. The molecule has 0 fully saturated rings. The van der Waals surface area contributed by atoms with Gasteiger partial charge in [-0.05, 0) is 25.1 Å². The molecule has 166 valence electrons. The predicted octanol–water partition coefficient (Wildman–Crippen LogP) is 4.58. The van der Waals surface area contributed by atoms with Gasteiger partial charge in [0, 0.05) is 16.7 Å². The van der Waals surface area contributed by atoms with E-state index in [2.05, 4.69) is 5.32 Å². The number of esters is 1. The lowest BCUT2D eigenvalue weighted by atomic mass is 9.83. The Bertz CT molecular complexity index is 1350. The molecule has 1 aliphatic rings. The summed E-state index contributed by atoms with van der Waals surface area (Å²) >= 11 is 5.76. The summed E-state index contributed by atoms with van der Waals surface area (Å²) in [5.41, 5.74) is 0.253. The largest absolute Gasteiger partial charge is 0.449 e. The minimum absolute atomic E-state index is 0.0247. The van der Waals surface area contributed by atoms with Gasteiger partial charge in [0.1, 0.15) is 0 Å². The summed E-state index contributed by atoms with van der Waals surface area (Å²) in [6.07, 6.45) is -1.39. The van der Waals surface area contributed by atoms with E-state index in [4.69, 9.17) is 16.3 Å². The molecular formula is C24H14ClF2NO5. The van der Waals surface area contributed by atoms with Crippen molar-refractivity contribution in [1.29, 1.82) is 0 Å². The standard InChI is InChI=1S/C24H14ClF2NO5/c1-11(33-24(32)15-9-17(26)18(27)10-16(15)25)23(31)28-19-8-4-7-14-20(19)22(30)13-6-3-2-5-12(13)21(14)29/h2-11H,1H3,(H,28,31). The smallest absolute Gasteiger partial charge is 0.340 e. The molecule has 1 unspecified atom stereocenters. The Labute approximate surface area is 191 Å². The molecule has 0 bridgehead atoms. The molecular weight excluding hydrogens is 456 g/mol. The van der Waals surface area contributed by atoms with E-state index in [1.165, 1.54) is 31.2 Å². The molecule has 1 amide bonds. The fourth-order valence-electron chi connectivity index (χ4n) is 3.44. The first kappa shape index (κ1) is 22.3. The van der Waals surface area contributed by atoms with Crippen molar-refractivity contribution in [3.8, 4) is 0 Å². The molecule has 4 rings (SSSR count). The maximum Gasteiger partial charge on any atom is 0.340 e. The summed E-state index contributed by atoms with van der Waals surface area (Å²) in [6.45, 7) is 1.25. The summed E-state index contributed by atoms with van der Waals surface area (Å²) in [4.78, 5) is 50.8. The number of benzene rings is 3. The summed E-state index contributed by atoms with van der Waals surface area (Å²) in [5, 5.41) is 2.10. The molecule has 6 nitrogen and oxygen atoms in total. The molecule has 33 heavy (non-hydrogen) atoms. The van der Waals surface area contributed by atoms with Gasteiger partial charge in [-0.3, -0.25) is 14.4 Å². The molecule has 0 radical (unpaired) electrons.